The van der Waals surface area contributed by atoms with Crippen LogP contribution in [0.2, 0.25) is 0 Å². The van der Waals surface area contributed by atoms with Crippen LogP contribution in [0.1, 0.15) is 5.56 Å². The largest absolute Gasteiger partial charge is 0.248 e. The molecule has 1 heteroatoms. The molecule has 0 saturated heterocycles. The van der Waals surface area contributed by atoms with Crippen LogP contribution in [0, 0.1) is 6.92 Å². The van der Waals surface area contributed by atoms with Crippen molar-refractivity contribution in [1.29, 1.82) is 0 Å². The van der Waals surface area contributed by atoms with E-state index in [1.807, 2.05) is 0 Å². The lowest BCUT2D eigenvalue weighted by Gasteiger charge is -2.11. The topological polar surface area (TPSA) is 12.9 Å². The average molecular weight is 345 g/mol. The van der Waals surface area contributed by atoms with E-state index in [1.165, 1.54) is 32.8 Å². The molecule has 5 rings (SSSR count). The highest BCUT2D eigenvalue weighted by Gasteiger charge is 2.10. The third-order valence-corrected chi connectivity index (χ3v) is 5.12. The second kappa shape index (κ2) is 6.37. The van der Waals surface area contributed by atoms with E-state index in [1.54, 1.807) is 0 Å². The summed E-state index contributed by atoms with van der Waals surface area (Å²) in [5, 5.41) is 3.67. The van der Waals surface area contributed by atoms with Gasteiger partial charge in [-0.15, -0.1) is 0 Å². The highest BCUT2D eigenvalue weighted by Crippen LogP contribution is 2.33. The first-order valence-corrected chi connectivity index (χ1v) is 9.24. The van der Waals surface area contributed by atoms with Crippen LogP contribution in [0.3, 0.4) is 0 Å². The predicted octanol–water partition coefficient (Wildman–Crippen LogP) is 7.03. The lowest BCUT2D eigenvalue weighted by Crippen LogP contribution is -1.90. The van der Waals surface area contributed by atoms with Gasteiger partial charge in [0.1, 0.15) is 0 Å². The van der Waals surface area contributed by atoms with Crippen molar-refractivity contribution in [3.63, 3.8) is 0 Å². The number of pyridine rings is 1. The number of aromatic nitrogens is 1. The van der Waals surface area contributed by atoms with E-state index in [9.17, 15) is 0 Å². The summed E-state index contributed by atoms with van der Waals surface area (Å²) < 4.78 is 0. The fourth-order valence-corrected chi connectivity index (χ4v) is 3.64. The fraction of sp³-hybridized carbons (Fsp3) is 0.0385. The van der Waals surface area contributed by atoms with E-state index in [-0.39, 0.29) is 0 Å². The monoisotopic (exact) mass is 345 g/mol. The number of hydrogen-bond acceptors (Lipinski definition) is 1. The Hall–Kier alpha value is -3.45. The molecule has 4 aromatic carbocycles. The van der Waals surface area contributed by atoms with Crippen molar-refractivity contribution >= 4 is 21.7 Å². The molecule has 0 unspecified atom stereocenters. The zero-order valence-corrected chi connectivity index (χ0v) is 15.2. The fourth-order valence-electron chi connectivity index (χ4n) is 3.64. The average Bonchev–Trinajstić information content (AvgIpc) is 2.73. The Morgan fingerprint density at radius 3 is 2.15 bits per heavy atom. The first-order valence-electron chi connectivity index (χ1n) is 9.24. The molecule has 5 aromatic rings. The van der Waals surface area contributed by atoms with Gasteiger partial charge in [-0.3, -0.25) is 0 Å². The molecule has 0 atom stereocenters. The molecule has 1 aromatic heterocycles. The van der Waals surface area contributed by atoms with Gasteiger partial charge in [0.05, 0.1) is 11.2 Å². The van der Waals surface area contributed by atoms with Gasteiger partial charge in [-0.2, -0.15) is 0 Å². The second-order valence-corrected chi connectivity index (χ2v) is 7.00. The van der Waals surface area contributed by atoms with Crippen molar-refractivity contribution in [2.24, 2.45) is 0 Å². The molecule has 0 aliphatic rings. The molecule has 0 aliphatic heterocycles. The van der Waals surface area contributed by atoms with Gasteiger partial charge in [-0.1, -0.05) is 84.4 Å². The standard InChI is InChI=1S/C26H19N/c1-18-10-12-20(13-11-18)24-17-26(27-25-9-5-4-8-23(24)25)22-15-14-19-6-2-3-7-21(19)16-22/h2-17H,1H3. The van der Waals surface area contributed by atoms with E-state index < -0.39 is 0 Å². The quantitative estimate of drug-likeness (QED) is 0.335. The maximum absolute atomic E-state index is 4.96. The normalized spacial score (nSPS) is 11.1. The van der Waals surface area contributed by atoms with Gasteiger partial charge >= 0.3 is 0 Å². The van der Waals surface area contributed by atoms with Crippen molar-refractivity contribution in [2.45, 2.75) is 6.92 Å². The van der Waals surface area contributed by atoms with Crippen molar-refractivity contribution in [1.82, 2.24) is 4.98 Å². The SMILES string of the molecule is Cc1ccc(-c2cc(-c3ccc4ccccc4c3)nc3ccccc23)cc1. The van der Waals surface area contributed by atoms with Crippen LogP contribution in [0.25, 0.3) is 44.1 Å². The Labute approximate surface area is 158 Å². The number of para-hydroxylation sites is 1. The molecule has 0 spiro atoms. The third kappa shape index (κ3) is 2.88. The van der Waals surface area contributed by atoms with Gasteiger partial charge in [-0.05, 0) is 47.0 Å². The van der Waals surface area contributed by atoms with Crippen LogP contribution >= 0.6 is 0 Å². The summed E-state index contributed by atoms with van der Waals surface area (Å²) in [6.45, 7) is 2.12. The van der Waals surface area contributed by atoms with E-state index in [0.29, 0.717) is 0 Å². The lowest BCUT2D eigenvalue weighted by molar-refractivity contribution is 1.40. The van der Waals surface area contributed by atoms with E-state index in [0.717, 1.165) is 16.8 Å². The minimum absolute atomic E-state index is 1.01. The Morgan fingerprint density at radius 1 is 0.593 bits per heavy atom. The second-order valence-electron chi connectivity index (χ2n) is 7.00. The lowest BCUT2D eigenvalue weighted by atomic mass is 9.97. The van der Waals surface area contributed by atoms with Crippen molar-refractivity contribution in [3.8, 4) is 22.4 Å². The Bertz CT molecular complexity index is 1270. The molecule has 0 aliphatic carbocycles. The number of fused-ring (bicyclic) bond motifs is 2. The van der Waals surface area contributed by atoms with Crippen LogP contribution < -0.4 is 0 Å². The van der Waals surface area contributed by atoms with Crippen LogP contribution in [0.4, 0.5) is 0 Å². The number of benzene rings is 4. The van der Waals surface area contributed by atoms with Gasteiger partial charge < -0.3 is 0 Å². The van der Waals surface area contributed by atoms with Crippen molar-refractivity contribution in [2.75, 3.05) is 0 Å². The molecule has 128 valence electrons. The molecule has 27 heavy (non-hydrogen) atoms. The van der Waals surface area contributed by atoms with Crippen LogP contribution in [-0.2, 0) is 0 Å². The number of aryl methyl sites for hydroxylation is 1. The maximum Gasteiger partial charge on any atom is 0.0716 e. The van der Waals surface area contributed by atoms with E-state index in [4.69, 9.17) is 4.98 Å². The number of rotatable bonds is 2. The minimum Gasteiger partial charge on any atom is -0.248 e. The van der Waals surface area contributed by atoms with Gasteiger partial charge in [0.15, 0.2) is 0 Å². The molecule has 0 amide bonds. The van der Waals surface area contributed by atoms with E-state index in [2.05, 4.69) is 104 Å². The van der Waals surface area contributed by atoms with Gasteiger partial charge in [0.25, 0.3) is 0 Å². The zero-order valence-electron chi connectivity index (χ0n) is 15.2. The predicted molar refractivity (Wildman–Crippen MR) is 115 cm³/mol. The van der Waals surface area contributed by atoms with Gasteiger partial charge in [0, 0.05) is 10.9 Å². The van der Waals surface area contributed by atoms with Crippen LogP contribution in [0.5, 0.6) is 0 Å². The maximum atomic E-state index is 4.96. The highest BCUT2D eigenvalue weighted by atomic mass is 14.7. The summed E-state index contributed by atoms with van der Waals surface area (Å²) in [4.78, 5) is 4.96. The molecule has 0 radical (unpaired) electrons. The van der Waals surface area contributed by atoms with Crippen LogP contribution in [0.15, 0.2) is 97.1 Å². The summed E-state index contributed by atoms with van der Waals surface area (Å²) in [6, 6.07) is 34.3. The minimum atomic E-state index is 1.01. The molecule has 0 fully saturated rings. The summed E-state index contributed by atoms with van der Waals surface area (Å²) >= 11 is 0. The molecule has 0 saturated carbocycles. The molecule has 0 N–H and O–H groups in total. The molecular formula is C26H19N. The van der Waals surface area contributed by atoms with E-state index >= 15 is 0 Å². The highest BCUT2D eigenvalue weighted by molar-refractivity contribution is 5.97. The number of hydrogen-bond donors (Lipinski definition) is 0. The first kappa shape index (κ1) is 15.8. The Morgan fingerprint density at radius 2 is 1.30 bits per heavy atom. The smallest absolute Gasteiger partial charge is 0.0716 e. The number of nitrogens with zero attached hydrogens (tertiary/aromatic N) is 1. The Balaban J connectivity index is 1.76. The molecule has 1 heterocycles. The molecular weight excluding hydrogens is 326 g/mol. The molecule has 0 bridgehead atoms. The van der Waals surface area contributed by atoms with Gasteiger partial charge in [0.2, 0.25) is 0 Å². The third-order valence-electron chi connectivity index (χ3n) is 5.12. The summed E-state index contributed by atoms with van der Waals surface area (Å²) in [6.07, 6.45) is 0. The first-order chi connectivity index (χ1) is 13.3. The van der Waals surface area contributed by atoms with Crippen molar-refractivity contribution < 1.29 is 0 Å². The Kier molecular flexibility index (Phi) is 3.72. The summed E-state index contributed by atoms with van der Waals surface area (Å²) in [5.41, 5.74) is 6.90. The van der Waals surface area contributed by atoms with Crippen molar-refractivity contribution in [3.05, 3.63) is 103 Å². The zero-order chi connectivity index (χ0) is 18.2. The van der Waals surface area contributed by atoms with Gasteiger partial charge in [-0.25, -0.2) is 4.98 Å². The summed E-state index contributed by atoms with van der Waals surface area (Å²) in [5.74, 6) is 0. The summed E-state index contributed by atoms with van der Waals surface area (Å²) in [7, 11) is 0. The molecule has 1 nitrogen and oxygen atoms in total. The van der Waals surface area contributed by atoms with Crippen LogP contribution in [-0.4, -0.2) is 4.98 Å².